The fraction of sp³-hybridized carbons (Fsp3) is 0.125. The molecular formula is C16H14N4O6S. The van der Waals surface area contributed by atoms with Crippen molar-refractivity contribution in [2.24, 2.45) is 0 Å². The Morgan fingerprint density at radius 1 is 1.37 bits per heavy atom. The van der Waals surface area contributed by atoms with E-state index in [9.17, 15) is 23.3 Å². The first kappa shape index (κ1) is 18.3. The van der Waals surface area contributed by atoms with Crippen molar-refractivity contribution < 1.29 is 22.9 Å². The highest BCUT2D eigenvalue weighted by Crippen LogP contribution is 2.30. The van der Waals surface area contributed by atoms with Crippen molar-refractivity contribution in [1.82, 2.24) is 9.55 Å². The number of aromatic nitrogens is 2. The molecule has 1 aromatic carbocycles. The van der Waals surface area contributed by atoms with E-state index in [4.69, 9.17) is 0 Å². The lowest BCUT2D eigenvalue weighted by atomic mass is 10.2. The second-order valence-corrected chi connectivity index (χ2v) is 7.15. The monoisotopic (exact) mass is 390 g/mol. The Bertz CT molecular complexity index is 1120. The lowest BCUT2D eigenvalue weighted by molar-refractivity contribution is -0.384. The number of ether oxygens (including phenoxy) is 1. The Morgan fingerprint density at radius 2 is 2.15 bits per heavy atom. The van der Waals surface area contributed by atoms with Crippen LogP contribution in [0.1, 0.15) is 0 Å². The van der Waals surface area contributed by atoms with E-state index in [1.807, 2.05) is 0 Å². The van der Waals surface area contributed by atoms with Crippen LogP contribution in [0.2, 0.25) is 0 Å². The van der Waals surface area contributed by atoms with E-state index in [0.29, 0.717) is 5.52 Å². The van der Waals surface area contributed by atoms with Gasteiger partial charge in [0.05, 0.1) is 29.4 Å². The molecular weight excluding hydrogens is 376 g/mol. The quantitative estimate of drug-likeness (QED) is 0.386. The van der Waals surface area contributed by atoms with Crippen LogP contribution in [0.4, 0.5) is 11.4 Å². The molecule has 1 N–H and O–H groups in total. The molecule has 0 saturated heterocycles. The van der Waals surface area contributed by atoms with Crippen molar-refractivity contribution in [2.75, 3.05) is 11.8 Å². The maximum Gasteiger partial charge on any atom is 0.325 e. The summed E-state index contributed by atoms with van der Waals surface area (Å²) in [5.74, 6) is -0.589. The summed E-state index contributed by atoms with van der Waals surface area (Å²) in [5.41, 5.74) is 0.311. The van der Waals surface area contributed by atoms with Gasteiger partial charge in [-0.25, -0.2) is 8.42 Å². The van der Waals surface area contributed by atoms with E-state index in [1.165, 1.54) is 48.5 Å². The topological polar surface area (TPSA) is 133 Å². The van der Waals surface area contributed by atoms with Crippen LogP contribution in [-0.2, 0) is 26.1 Å². The molecule has 140 valence electrons. The predicted octanol–water partition coefficient (Wildman–Crippen LogP) is 1.92. The van der Waals surface area contributed by atoms with Crippen LogP contribution < -0.4 is 4.72 Å². The average molecular weight is 390 g/mol. The van der Waals surface area contributed by atoms with E-state index >= 15 is 0 Å². The summed E-state index contributed by atoms with van der Waals surface area (Å²) in [5, 5.41) is 11.2. The molecule has 0 atom stereocenters. The van der Waals surface area contributed by atoms with E-state index in [2.05, 4.69) is 14.4 Å². The highest BCUT2D eigenvalue weighted by Gasteiger charge is 2.24. The van der Waals surface area contributed by atoms with Gasteiger partial charge in [-0.3, -0.25) is 24.6 Å². The van der Waals surface area contributed by atoms with Gasteiger partial charge in [-0.05, 0) is 18.2 Å². The third-order valence-electron chi connectivity index (χ3n) is 3.77. The molecule has 27 heavy (non-hydrogen) atoms. The molecule has 2 heterocycles. The SMILES string of the molecule is COC(=O)Cn1cc(S(=O)(=O)Nc2cccnc2)c2cc([N+](=O)[O-])ccc21. The van der Waals surface area contributed by atoms with Crippen molar-refractivity contribution in [1.29, 1.82) is 0 Å². The van der Waals surface area contributed by atoms with Gasteiger partial charge in [-0.2, -0.15) is 0 Å². The number of anilines is 1. The summed E-state index contributed by atoms with van der Waals surface area (Å²) in [6, 6.07) is 6.85. The van der Waals surface area contributed by atoms with Crippen molar-refractivity contribution in [3.63, 3.8) is 0 Å². The fourth-order valence-electron chi connectivity index (χ4n) is 2.55. The van der Waals surface area contributed by atoms with Crippen LogP contribution in [-0.4, -0.2) is 36.0 Å². The zero-order valence-electron chi connectivity index (χ0n) is 14.0. The zero-order chi connectivity index (χ0) is 19.6. The lowest BCUT2D eigenvalue weighted by Crippen LogP contribution is -2.13. The molecule has 0 saturated carbocycles. The Labute approximate surface area is 153 Å². The van der Waals surface area contributed by atoms with Gasteiger partial charge < -0.3 is 9.30 Å². The number of hydrogen-bond donors (Lipinski definition) is 1. The largest absolute Gasteiger partial charge is 0.468 e. The molecule has 3 rings (SSSR count). The number of benzene rings is 1. The number of carbonyl (C=O) groups excluding carboxylic acids is 1. The van der Waals surface area contributed by atoms with Crippen molar-refractivity contribution >= 4 is 38.3 Å². The summed E-state index contributed by atoms with van der Waals surface area (Å²) in [6.07, 6.45) is 4.06. The third kappa shape index (κ3) is 3.72. The molecule has 10 nitrogen and oxygen atoms in total. The average Bonchev–Trinajstić information content (AvgIpc) is 3.00. The van der Waals surface area contributed by atoms with Crippen LogP contribution in [0, 0.1) is 10.1 Å². The van der Waals surface area contributed by atoms with Gasteiger partial charge in [0.2, 0.25) is 0 Å². The van der Waals surface area contributed by atoms with E-state index in [-0.39, 0.29) is 28.2 Å². The number of methoxy groups -OCH3 is 1. The Balaban J connectivity index is 2.16. The second kappa shape index (κ2) is 7.03. The molecule has 0 aliphatic carbocycles. The highest BCUT2D eigenvalue weighted by atomic mass is 32.2. The molecule has 11 heteroatoms. The molecule has 0 aliphatic heterocycles. The number of fused-ring (bicyclic) bond motifs is 1. The van der Waals surface area contributed by atoms with Crippen LogP contribution in [0.25, 0.3) is 10.9 Å². The number of pyridine rings is 1. The third-order valence-corrected chi connectivity index (χ3v) is 5.18. The van der Waals surface area contributed by atoms with Gasteiger partial charge in [-0.1, -0.05) is 0 Å². The van der Waals surface area contributed by atoms with Gasteiger partial charge in [0.25, 0.3) is 15.7 Å². The molecule has 2 aromatic heterocycles. The lowest BCUT2D eigenvalue weighted by Gasteiger charge is -2.06. The van der Waals surface area contributed by atoms with E-state index in [0.717, 1.165) is 6.07 Å². The van der Waals surface area contributed by atoms with Gasteiger partial charge in [-0.15, -0.1) is 0 Å². The molecule has 0 fully saturated rings. The molecule has 0 unspecified atom stereocenters. The van der Waals surface area contributed by atoms with Gasteiger partial charge in [0, 0.05) is 29.9 Å². The van der Waals surface area contributed by atoms with Crippen molar-refractivity contribution in [2.45, 2.75) is 11.4 Å². The van der Waals surface area contributed by atoms with Gasteiger partial charge in [0.15, 0.2) is 0 Å². The molecule has 0 bridgehead atoms. The highest BCUT2D eigenvalue weighted by molar-refractivity contribution is 7.93. The van der Waals surface area contributed by atoms with Crippen LogP contribution >= 0.6 is 0 Å². The van der Waals surface area contributed by atoms with Gasteiger partial charge >= 0.3 is 5.97 Å². The fourth-order valence-corrected chi connectivity index (χ4v) is 3.81. The number of nitro benzene ring substituents is 1. The molecule has 0 radical (unpaired) electrons. The Hall–Kier alpha value is -3.47. The maximum absolute atomic E-state index is 12.8. The molecule has 3 aromatic rings. The Morgan fingerprint density at radius 3 is 2.78 bits per heavy atom. The molecule has 0 spiro atoms. The number of nitrogens with one attached hydrogen (secondary N) is 1. The van der Waals surface area contributed by atoms with Crippen molar-refractivity contribution in [3.05, 3.63) is 59.0 Å². The molecule has 0 amide bonds. The number of rotatable bonds is 6. The normalized spacial score (nSPS) is 11.3. The minimum Gasteiger partial charge on any atom is -0.468 e. The summed E-state index contributed by atoms with van der Waals surface area (Å²) >= 11 is 0. The van der Waals surface area contributed by atoms with Crippen LogP contribution in [0.3, 0.4) is 0 Å². The number of nitro groups is 1. The summed E-state index contributed by atoms with van der Waals surface area (Å²) in [4.78, 5) is 25.7. The Kier molecular flexibility index (Phi) is 4.77. The first-order valence-electron chi connectivity index (χ1n) is 7.59. The summed E-state index contributed by atoms with van der Waals surface area (Å²) in [6.45, 7) is -0.243. The first-order chi connectivity index (χ1) is 12.8. The number of non-ortho nitro benzene ring substituents is 1. The second-order valence-electron chi connectivity index (χ2n) is 5.50. The number of hydrogen-bond acceptors (Lipinski definition) is 7. The number of esters is 1. The first-order valence-corrected chi connectivity index (χ1v) is 9.07. The number of nitrogens with zero attached hydrogens (tertiary/aromatic N) is 3. The number of carbonyl (C=O) groups is 1. The van der Waals surface area contributed by atoms with Crippen molar-refractivity contribution in [3.8, 4) is 0 Å². The van der Waals surface area contributed by atoms with E-state index < -0.39 is 20.9 Å². The zero-order valence-corrected chi connectivity index (χ0v) is 14.8. The minimum atomic E-state index is -4.09. The van der Waals surface area contributed by atoms with Crippen LogP contribution in [0.5, 0.6) is 0 Å². The predicted molar refractivity (Wildman–Crippen MR) is 95.7 cm³/mol. The minimum absolute atomic E-state index is 0.115. The summed E-state index contributed by atoms with van der Waals surface area (Å²) in [7, 11) is -2.88. The summed E-state index contributed by atoms with van der Waals surface area (Å²) < 4.78 is 34.0. The standard InChI is InChI=1S/C16H14N4O6S/c1-26-16(21)10-19-9-15(13-7-12(20(22)23)4-5-14(13)19)27(24,25)18-11-3-2-6-17-8-11/h2-9,18H,10H2,1H3. The van der Waals surface area contributed by atoms with Crippen LogP contribution in [0.15, 0.2) is 53.8 Å². The molecule has 0 aliphatic rings. The smallest absolute Gasteiger partial charge is 0.325 e. The van der Waals surface area contributed by atoms with Gasteiger partial charge in [0.1, 0.15) is 11.4 Å². The van der Waals surface area contributed by atoms with E-state index in [1.54, 1.807) is 6.07 Å². The maximum atomic E-state index is 12.8. The number of sulfonamides is 1.